The van der Waals surface area contributed by atoms with E-state index in [4.69, 9.17) is 11.5 Å². The number of benzene rings is 1. The minimum atomic E-state index is -0.352. The van der Waals surface area contributed by atoms with Crippen LogP contribution in [-0.4, -0.2) is 15.9 Å². The molecule has 4 aromatic heterocycles. The number of nitriles is 1. The standard InChI is InChI=1S/C23H16N6OS2/c1-11-8-16(13-4-2-3-5-15(13)27-11)28-22(30)20-19(25)18-17(12-6-7-31-10-12)14(9-24)21(26)29-23(18)32-20/h2-8,10H,25H2,1H3,(H2,26,29)(H,27,28,30). The van der Waals surface area contributed by atoms with Crippen molar-refractivity contribution < 1.29 is 4.79 Å². The normalized spacial score (nSPS) is 11.0. The smallest absolute Gasteiger partial charge is 0.267 e. The Morgan fingerprint density at radius 2 is 2.00 bits per heavy atom. The molecule has 0 aliphatic rings. The number of nitrogens with one attached hydrogen (secondary N) is 1. The number of nitrogen functional groups attached to an aromatic ring is 2. The zero-order valence-corrected chi connectivity index (χ0v) is 18.5. The number of hydrogen-bond donors (Lipinski definition) is 3. The van der Waals surface area contributed by atoms with E-state index in [0.29, 0.717) is 26.3 Å². The number of carbonyl (C=O) groups is 1. The summed E-state index contributed by atoms with van der Waals surface area (Å²) in [5, 5.41) is 17.9. The van der Waals surface area contributed by atoms with Crippen LogP contribution in [0.1, 0.15) is 20.9 Å². The fourth-order valence-corrected chi connectivity index (χ4v) is 5.39. The topological polar surface area (TPSA) is 131 Å². The number of nitrogens with two attached hydrogens (primary N) is 2. The van der Waals surface area contributed by atoms with Gasteiger partial charge in [0.05, 0.1) is 16.9 Å². The van der Waals surface area contributed by atoms with Crippen LogP contribution in [0.2, 0.25) is 0 Å². The third kappa shape index (κ3) is 3.13. The van der Waals surface area contributed by atoms with Crippen LogP contribution in [0, 0.1) is 18.3 Å². The van der Waals surface area contributed by atoms with Crippen LogP contribution in [0.25, 0.3) is 32.2 Å². The number of fused-ring (bicyclic) bond motifs is 2. The summed E-state index contributed by atoms with van der Waals surface area (Å²) in [4.78, 5) is 23.0. The number of rotatable bonds is 3. The van der Waals surface area contributed by atoms with Gasteiger partial charge in [0.2, 0.25) is 0 Å². The minimum absolute atomic E-state index is 0.116. The summed E-state index contributed by atoms with van der Waals surface area (Å²) in [6, 6.07) is 13.4. The first-order valence-corrected chi connectivity index (χ1v) is 11.4. The Kier molecular flexibility index (Phi) is 4.74. The summed E-state index contributed by atoms with van der Waals surface area (Å²) < 4.78 is 0. The van der Waals surface area contributed by atoms with Gasteiger partial charge in [-0.2, -0.15) is 16.6 Å². The quantitative estimate of drug-likeness (QED) is 0.343. The average Bonchev–Trinajstić information content (AvgIpc) is 3.41. The lowest BCUT2D eigenvalue weighted by Gasteiger charge is -2.10. The molecule has 7 nitrogen and oxygen atoms in total. The fourth-order valence-electron chi connectivity index (χ4n) is 3.74. The second kappa shape index (κ2) is 7.60. The van der Waals surface area contributed by atoms with E-state index < -0.39 is 0 Å². The SMILES string of the molecule is Cc1cc(NC(=O)c2sc3nc(N)c(C#N)c(-c4ccsc4)c3c2N)c2ccccc2n1. The van der Waals surface area contributed by atoms with E-state index in [0.717, 1.165) is 33.5 Å². The van der Waals surface area contributed by atoms with Gasteiger partial charge in [-0.05, 0) is 41.4 Å². The Morgan fingerprint density at radius 3 is 2.75 bits per heavy atom. The number of carbonyl (C=O) groups excluding carboxylic acids is 1. The van der Waals surface area contributed by atoms with Crippen molar-refractivity contribution in [3.05, 3.63) is 63.3 Å². The summed E-state index contributed by atoms with van der Waals surface area (Å²) in [5.74, 6) is -0.236. The summed E-state index contributed by atoms with van der Waals surface area (Å²) >= 11 is 2.65. The molecule has 0 radical (unpaired) electrons. The van der Waals surface area contributed by atoms with E-state index in [2.05, 4.69) is 21.4 Å². The highest BCUT2D eigenvalue weighted by Gasteiger charge is 2.24. The molecule has 32 heavy (non-hydrogen) atoms. The molecule has 1 amide bonds. The van der Waals surface area contributed by atoms with E-state index in [1.54, 1.807) is 0 Å². The van der Waals surface area contributed by atoms with Crippen molar-refractivity contribution in [2.45, 2.75) is 6.92 Å². The minimum Gasteiger partial charge on any atom is -0.397 e. The van der Waals surface area contributed by atoms with Gasteiger partial charge in [-0.1, -0.05) is 18.2 Å². The lowest BCUT2D eigenvalue weighted by Crippen LogP contribution is -2.12. The van der Waals surface area contributed by atoms with Gasteiger partial charge in [-0.3, -0.25) is 9.78 Å². The summed E-state index contributed by atoms with van der Waals surface area (Å²) in [5.41, 5.74) is 16.7. The maximum atomic E-state index is 13.3. The van der Waals surface area contributed by atoms with Gasteiger partial charge in [-0.25, -0.2) is 4.98 Å². The van der Waals surface area contributed by atoms with Crippen molar-refractivity contribution in [2.75, 3.05) is 16.8 Å². The molecule has 4 heterocycles. The van der Waals surface area contributed by atoms with Crippen molar-refractivity contribution in [3.63, 3.8) is 0 Å². The van der Waals surface area contributed by atoms with E-state index >= 15 is 0 Å². The Labute approximate surface area is 191 Å². The van der Waals surface area contributed by atoms with E-state index in [9.17, 15) is 10.1 Å². The lowest BCUT2D eigenvalue weighted by molar-refractivity contribution is 0.103. The number of amides is 1. The Balaban J connectivity index is 1.67. The Hall–Kier alpha value is -4.00. The highest BCUT2D eigenvalue weighted by molar-refractivity contribution is 7.21. The van der Waals surface area contributed by atoms with E-state index in [1.165, 1.54) is 11.3 Å². The number of anilines is 3. The van der Waals surface area contributed by atoms with E-state index in [1.807, 2.05) is 54.1 Å². The number of aromatic nitrogens is 2. The first-order valence-electron chi connectivity index (χ1n) is 9.59. The monoisotopic (exact) mass is 456 g/mol. The summed E-state index contributed by atoms with van der Waals surface area (Å²) in [7, 11) is 0. The maximum absolute atomic E-state index is 13.3. The average molecular weight is 457 g/mol. The largest absolute Gasteiger partial charge is 0.397 e. The molecule has 9 heteroatoms. The molecule has 0 aliphatic heterocycles. The molecule has 0 aliphatic carbocycles. The van der Waals surface area contributed by atoms with Gasteiger partial charge in [-0.15, -0.1) is 11.3 Å². The van der Waals surface area contributed by atoms with Crippen LogP contribution in [-0.2, 0) is 0 Å². The third-order valence-electron chi connectivity index (χ3n) is 5.13. The molecule has 0 saturated heterocycles. The Morgan fingerprint density at radius 1 is 1.19 bits per heavy atom. The maximum Gasteiger partial charge on any atom is 0.267 e. The molecule has 156 valence electrons. The number of para-hydroxylation sites is 1. The molecule has 0 saturated carbocycles. The molecule has 5 aromatic rings. The van der Waals surface area contributed by atoms with Crippen molar-refractivity contribution in [2.24, 2.45) is 0 Å². The van der Waals surface area contributed by atoms with E-state index in [-0.39, 0.29) is 23.0 Å². The third-order valence-corrected chi connectivity index (χ3v) is 6.91. The van der Waals surface area contributed by atoms with Crippen LogP contribution in [0.5, 0.6) is 0 Å². The van der Waals surface area contributed by atoms with Crippen molar-refractivity contribution in [1.29, 1.82) is 5.26 Å². The van der Waals surface area contributed by atoms with Crippen LogP contribution in [0.15, 0.2) is 47.2 Å². The predicted octanol–water partition coefficient (Wildman–Crippen LogP) is 5.17. The Bertz CT molecular complexity index is 1560. The van der Waals surface area contributed by atoms with Gasteiger partial charge >= 0.3 is 0 Å². The van der Waals surface area contributed by atoms with Crippen LogP contribution in [0.3, 0.4) is 0 Å². The van der Waals surface area contributed by atoms with Gasteiger partial charge in [0.15, 0.2) is 0 Å². The zero-order chi connectivity index (χ0) is 22.4. The molecule has 0 unspecified atom stereocenters. The molecule has 0 fully saturated rings. The van der Waals surface area contributed by atoms with Gasteiger partial charge in [0.1, 0.15) is 27.2 Å². The van der Waals surface area contributed by atoms with Crippen molar-refractivity contribution in [1.82, 2.24) is 9.97 Å². The molecule has 1 aromatic carbocycles. The van der Waals surface area contributed by atoms with Crippen LogP contribution >= 0.6 is 22.7 Å². The fraction of sp³-hybridized carbons (Fsp3) is 0.0435. The first-order chi connectivity index (χ1) is 15.5. The molecule has 0 bridgehead atoms. The molecular formula is C23H16N6OS2. The lowest BCUT2D eigenvalue weighted by atomic mass is 9.99. The number of nitrogens with zero attached hydrogens (tertiary/aromatic N) is 3. The highest BCUT2D eigenvalue weighted by Crippen LogP contribution is 2.43. The van der Waals surface area contributed by atoms with Gasteiger partial charge < -0.3 is 16.8 Å². The van der Waals surface area contributed by atoms with Crippen LogP contribution in [0.4, 0.5) is 17.2 Å². The van der Waals surface area contributed by atoms with Gasteiger partial charge in [0.25, 0.3) is 5.91 Å². The zero-order valence-electron chi connectivity index (χ0n) is 16.8. The molecule has 0 spiro atoms. The molecular weight excluding hydrogens is 440 g/mol. The second-order valence-corrected chi connectivity index (χ2v) is 8.96. The molecule has 5 N–H and O–H groups in total. The number of hydrogen-bond acceptors (Lipinski definition) is 8. The van der Waals surface area contributed by atoms with Crippen molar-refractivity contribution in [3.8, 4) is 17.2 Å². The van der Waals surface area contributed by atoms with Crippen LogP contribution < -0.4 is 16.8 Å². The number of aryl methyl sites for hydroxylation is 1. The molecule has 0 atom stereocenters. The number of pyridine rings is 2. The first kappa shape index (κ1) is 19.9. The summed E-state index contributed by atoms with van der Waals surface area (Å²) in [6.45, 7) is 1.87. The molecule has 5 rings (SSSR count). The number of thiophene rings is 2. The summed E-state index contributed by atoms with van der Waals surface area (Å²) in [6.07, 6.45) is 0. The van der Waals surface area contributed by atoms with Gasteiger partial charge in [0, 0.05) is 22.0 Å². The second-order valence-electron chi connectivity index (χ2n) is 7.18. The predicted molar refractivity (Wildman–Crippen MR) is 131 cm³/mol. The van der Waals surface area contributed by atoms with Crippen molar-refractivity contribution >= 4 is 66.9 Å². The highest BCUT2D eigenvalue weighted by atomic mass is 32.1.